The molecule has 10 heteroatoms. The van der Waals surface area contributed by atoms with Crippen molar-refractivity contribution in [1.82, 2.24) is 20.2 Å². The van der Waals surface area contributed by atoms with E-state index in [-0.39, 0.29) is 18.4 Å². The number of carbonyl (C=O) groups is 1. The number of benzene rings is 1. The maximum atomic E-state index is 12.9. The van der Waals surface area contributed by atoms with E-state index in [1.165, 1.54) is 6.07 Å². The Bertz CT molecular complexity index is 1080. The quantitative estimate of drug-likeness (QED) is 0.597. The lowest BCUT2D eigenvalue weighted by atomic mass is 10.0. The van der Waals surface area contributed by atoms with Crippen LogP contribution in [0.25, 0.3) is 0 Å². The molecule has 32 heavy (non-hydrogen) atoms. The predicted molar refractivity (Wildman–Crippen MR) is 106 cm³/mol. The lowest BCUT2D eigenvalue weighted by Crippen LogP contribution is -2.43. The van der Waals surface area contributed by atoms with Crippen molar-refractivity contribution in [3.05, 3.63) is 76.4 Å². The number of nitrogens with zero attached hydrogens (tertiary/aromatic N) is 4. The number of aryl methyl sites for hydroxylation is 1. The summed E-state index contributed by atoms with van der Waals surface area (Å²) < 4.78 is 49.2. The molecule has 1 aromatic carbocycles. The largest absolute Gasteiger partial charge is 0.416 e. The normalized spacial score (nSPS) is 16.9. The molecule has 1 saturated heterocycles. The molecule has 1 fully saturated rings. The first-order valence-corrected chi connectivity index (χ1v) is 10.1. The molecule has 4 rings (SSSR count). The van der Waals surface area contributed by atoms with Gasteiger partial charge in [-0.05, 0) is 36.6 Å². The predicted octanol–water partition coefficient (Wildman–Crippen LogP) is 3.53. The minimum atomic E-state index is -4.37. The molecule has 1 aliphatic heterocycles. The fourth-order valence-corrected chi connectivity index (χ4v) is 3.54. The van der Waals surface area contributed by atoms with Crippen LogP contribution in [0.2, 0.25) is 0 Å². The topological polar surface area (TPSA) is 81.4 Å². The first kappa shape index (κ1) is 21.9. The zero-order chi connectivity index (χ0) is 22.7. The van der Waals surface area contributed by atoms with Crippen LogP contribution in [0.4, 0.5) is 13.2 Å². The molecule has 0 N–H and O–H groups in total. The monoisotopic (exact) mass is 446 g/mol. The Morgan fingerprint density at radius 3 is 2.72 bits per heavy atom. The molecule has 3 aromatic rings. The van der Waals surface area contributed by atoms with Gasteiger partial charge in [-0.2, -0.15) is 13.2 Å². The van der Waals surface area contributed by atoms with Gasteiger partial charge in [0.2, 0.25) is 5.91 Å². The Kier molecular flexibility index (Phi) is 6.22. The minimum absolute atomic E-state index is 0.0988. The molecule has 2 aromatic heterocycles. The zero-order valence-corrected chi connectivity index (χ0v) is 17.3. The highest BCUT2D eigenvalue weighted by molar-refractivity contribution is 5.78. The van der Waals surface area contributed by atoms with Crippen molar-refractivity contribution in [3.8, 4) is 0 Å². The van der Waals surface area contributed by atoms with Gasteiger partial charge in [-0.3, -0.25) is 9.78 Å². The number of hydrogen-bond acceptors (Lipinski definition) is 6. The molecular formula is C22H21F3N4O3. The zero-order valence-electron chi connectivity index (χ0n) is 17.3. The van der Waals surface area contributed by atoms with Crippen LogP contribution in [-0.4, -0.2) is 45.8 Å². The first-order chi connectivity index (χ1) is 15.3. The summed E-state index contributed by atoms with van der Waals surface area (Å²) in [4.78, 5) is 18.7. The van der Waals surface area contributed by atoms with Gasteiger partial charge in [0.15, 0.2) is 0 Å². The van der Waals surface area contributed by atoms with Crippen LogP contribution in [0, 0.1) is 6.92 Å². The number of carbonyl (C=O) groups excluding carboxylic acids is 1. The number of pyridine rings is 1. The van der Waals surface area contributed by atoms with Crippen LogP contribution in [0.3, 0.4) is 0 Å². The average Bonchev–Trinajstić information content (AvgIpc) is 3.18. The third kappa shape index (κ3) is 5.13. The maximum absolute atomic E-state index is 12.9. The van der Waals surface area contributed by atoms with Crippen molar-refractivity contribution in [2.24, 2.45) is 0 Å². The van der Waals surface area contributed by atoms with Gasteiger partial charge in [-0.15, -0.1) is 0 Å². The van der Waals surface area contributed by atoms with E-state index in [9.17, 15) is 18.0 Å². The van der Waals surface area contributed by atoms with Crippen molar-refractivity contribution in [2.45, 2.75) is 32.0 Å². The highest BCUT2D eigenvalue weighted by Crippen LogP contribution is 2.30. The van der Waals surface area contributed by atoms with Gasteiger partial charge < -0.3 is 9.64 Å². The highest BCUT2D eigenvalue weighted by Gasteiger charge is 2.30. The molecule has 1 amide bonds. The molecule has 1 unspecified atom stereocenters. The summed E-state index contributed by atoms with van der Waals surface area (Å²) in [5.74, 6) is -0.0988. The summed E-state index contributed by atoms with van der Waals surface area (Å²) in [6.07, 6.45) is -2.69. The number of morpholine rings is 1. The van der Waals surface area contributed by atoms with Crippen molar-refractivity contribution >= 4 is 5.91 Å². The summed E-state index contributed by atoms with van der Waals surface area (Å²) in [7, 11) is 0. The molecule has 1 atom stereocenters. The SMILES string of the molecule is Cc1nonc1CC(=O)N1CCOC(c2ccc(Cc3cccc(C(F)(F)F)c3)cn2)C1. The second-order valence-corrected chi connectivity index (χ2v) is 7.64. The van der Waals surface area contributed by atoms with Gasteiger partial charge >= 0.3 is 6.18 Å². The van der Waals surface area contributed by atoms with E-state index < -0.39 is 11.7 Å². The Labute approximate surface area is 182 Å². The Hall–Kier alpha value is -3.27. The lowest BCUT2D eigenvalue weighted by molar-refractivity contribution is -0.138. The van der Waals surface area contributed by atoms with Gasteiger partial charge in [0.1, 0.15) is 17.5 Å². The van der Waals surface area contributed by atoms with Crippen LogP contribution < -0.4 is 0 Å². The number of hydrogen-bond donors (Lipinski definition) is 0. The van der Waals surface area contributed by atoms with Crippen molar-refractivity contribution in [2.75, 3.05) is 19.7 Å². The van der Waals surface area contributed by atoms with Gasteiger partial charge in [-0.25, -0.2) is 4.63 Å². The van der Waals surface area contributed by atoms with E-state index in [2.05, 4.69) is 19.9 Å². The Morgan fingerprint density at radius 1 is 1.19 bits per heavy atom. The van der Waals surface area contributed by atoms with Crippen LogP contribution >= 0.6 is 0 Å². The Balaban J connectivity index is 1.39. The molecule has 168 valence electrons. The second kappa shape index (κ2) is 9.07. The Morgan fingerprint density at radius 2 is 2.03 bits per heavy atom. The van der Waals surface area contributed by atoms with Crippen LogP contribution in [0.15, 0.2) is 47.2 Å². The minimum Gasteiger partial charge on any atom is -0.368 e. The molecule has 3 heterocycles. The molecule has 0 aliphatic carbocycles. The first-order valence-electron chi connectivity index (χ1n) is 10.1. The number of halogens is 3. The van der Waals surface area contributed by atoms with E-state index in [4.69, 9.17) is 4.74 Å². The molecule has 0 radical (unpaired) electrons. The number of aromatic nitrogens is 3. The summed E-state index contributed by atoms with van der Waals surface area (Å²) >= 11 is 0. The van der Waals surface area contributed by atoms with Crippen LogP contribution in [-0.2, 0) is 28.5 Å². The van der Waals surface area contributed by atoms with Crippen LogP contribution in [0.5, 0.6) is 0 Å². The number of alkyl halides is 3. The average molecular weight is 446 g/mol. The maximum Gasteiger partial charge on any atom is 0.416 e. The van der Waals surface area contributed by atoms with E-state index >= 15 is 0 Å². The van der Waals surface area contributed by atoms with E-state index in [1.54, 1.807) is 30.2 Å². The van der Waals surface area contributed by atoms with Crippen molar-refractivity contribution in [1.29, 1.82) is 0 Å². The summed E-state index contributed by atoms with van der Waals surface area (Å²) in [6, 6.07) is 8.86. The molecule has 0 spiro atoms. The summed E-state index contributed by atoms with van der Waals surface area (Å²) in [6.45, 7) is 2.92. The summed E-state index contributed by atoms with van der Waals surface area (Å²) in [5, 5.41) is 7.44. The van der Waals surface area contributed by atoms with E-state index in [0.717, 1.165) is 17.7 Å². The summed E-state index contributed by atoms with van der Waals surface area (Å²) in [5.41, 5.74) is 2.42. The third-order valence-electron chi connectivity index (χ3n) is 5.32. The highest BCUT2D eigenvalue weighted by atomic mass is 19.4. The fraction of sp³-hybridized carbons (Fsp3) is 0.364. The third-order valence-corrected chi connectivity index (χ3v) is 5.32. The fourth-order valence-electron chi connectivity index (χ4n) is 3.54. The molecule has 0 saturated carbocycles. The molecule has 1 aliphatic rings. The molecular weight excluding hydrogens is 425 g/mol. The number of rotatable bonds is 5. The standard InChI is InChI=1S/C22H21F3N4O3/c1-14-19(28-32-27-14)11-21(30)29-7-8-31-20(13-29)18-6-5-16(12-26-18)9-15-3-2-4-17(10-15)22(23,24)25/h2-6,10,12,20H,7-9,11,13H2,1H3. The van der Waals surface area contributed by atoms with Crippen molar-refractivity contribution in [3.63, 3.8) is 0 Å². The van der Waals surface area contributed by atoms with Gasteiger partial charge in [-0.1, -0.05) is 34.6 Å². The van der Waals surface area contributed by atoms with Gasteiger partial charge in [0.25, 0.3) is 0 Å². The smallest absolute Gasteiger partial charge is 0.368 e. The number of ether oxygens (including phenoxy) is 1. The molecule has 7 nitrogen and oxygen atoms in total. The van der Waals surface area contributed by atoms with E-state index in [1.807, 2.05) is 6.07 Å². The lowest BCUT2D eigenvalue weighted by Gasteiger charge is -2.32. The van der Waals surface area contributed by atoms with E-state index in [0.29, 0.717) is 48.8 Å². The molecule has 0 bridgehead atoms. The van der Waals surface area contributed by atoms with Gasteiger partial charge in [0, 0.05) is 12.7 Å². The second-order valence-electron chi connectivity index (χ2n) is 7.64. The van der Waals surface area contributed by atoms with Gasteiger partial charge in [0.05, 0.1) is 30.8 Å². The number of amides is 1. The van der Waals surface area contributed by atoms with Crippen LogP contribution in [0.1, 0.15) is 39.9 Å². The van der Waals surface area contributed by atoms with Crippen molar-refractivity contribution < 1.29 is 27.3 Å².